The van der Waals surface area contributed by atoms with Gasteiger partial charge in [0.15, 0.2) is 12.6 Å². The van der Waals surface area contributed by atoms with Crippen LogP contribution in [0.25, 0.3) is 0 Å². The Bertz CT molecular complexity index is 1120. The molecule has 1 aromatic carbocycles. The number of nitrogens with zero attached hydrogens (tertiary/aromatic N) is 1. The first-order valence-electron chi connectivity index (χ1n) is 14.0. The van der Waals surface area contributed by atoms with Gasteiger partial charge in [0.2, 0.25) is 0 Å². The highest BCUT2D eigenvalue weighted by atomic mass is 16.6. The minimum Gasteiger partial charge on any atom is -0.480 e. The Hall–Kier alpha value is -2.71. The lowest BCUT2D eigenvalue weighted by Gasteiger charge is -2.57. The molecular weight excluding hydrogens is 484 g/mol. The van der Waals surface area contributed by atoms with E-state index in [1.165, 1.54) is 5.57 Å². The van der Waals surface area contributed by atoms with Crippen molar-refractivity contribution in [2.75, 3.05) is 6.61 Å². The summed E-state index contributed by atoms with van der Waals surface area (Å²) < 4.78 is 0. The zero-order valence-corrected chi connectivity index (χ0v) is 22.3. The van der Waals surface area contributed by atoms with Gasteiger partial charge in [-0.05, 0) is 91.6 Å². The van der Waals surface area contributed by atoms with Crippen LogP contribution < -0.4 is 5.32 Å². The monoisotopic (exact) mass is 524 g/mol. The molecule has 4 aliphatic carbocycles. The van der Waals surface area contributed by atoms with E-state index in [9.17, 15) is 24.9 Å². The van der Waals surface area contributed by atoms with Gasteiger partial charge in [-0.2, -0.15) is 0 Å². The summed E-state index contributed by atoms with van der Waals surface area (Å²) in [4.78, 5) is 29.4. The molecule has 0 radical (unpaired) electrons. The smallest absolute Gasteiger partial charge is 0.329 e. The highest BCUT2D eigenvalue weighted by Gasteiger charge is 2.58. The number of aliphatic carboxylic acids is 1. The highest BCUT2D eigenvalue weighted by Crippen LogP contribution is 2.65. The average molecular weight is 525 g/mol. The maximum Gasteiger partial charge on any atom is 0.329 e. The van der Waals surface area contributed by atoms with Gasteiger partial charge in [0.05, 0.1) is 11.8 Å². The summed E-state index contributed by atoms with van der Waals surface area (Å²) in [7, 11) is 0. The summed E-state index contributed by atoms with van der Waals surface area (Å²) in [5.41, 5.74) is 2.83. The number of amides is 1. The molecule has 0 unspecified atom stereocenters. The van der Waals surface area contributed by atoms with Crippen molar-refractivity contribution in [2.24, 2.45) is 33.7 Å². The molecule has 0 bridgehead atoms. The number of allylic oxidation sites excluding steroid dienone is 2. The lowest BCUT2D eigenvalue weighted by Crippen LogP contribution is -2.51. The van der Waals surface area contributed by atoms with Gasteiger partial charge in [-0.25, -0.2) is 4.79 Å². The van der Waals surface area contributed by atoms with E-state index in [2.05, 4.69) is 30.4 Å². The number of carbonyl (C=O) groups is 2. The Balaban J connectivity index is 1.19. The van der Waals surface area contributed by atoms with Crippen LogP contribution in [0.1, 0.15) is 76.9 Å². The third kappa shape index (κ3) is 4.77. The minimum absolute atomic E-state index is 0.0746. The molecule has 0 aromatic heterocycles. The Morgan fingerprint density at radius 2 is 1.84 bits per heavy atom. The van der Waals surface area contributed by atoms with Crippen LogP contribution >= 0.6 is 0 Å². The SMILES string of the molecule is C[C@]12CC[C@@H]3[C@@H](CCC4=CC(=NOCC(=O)N[C@H](C(=O)O)[C@H](O)c5ccccc5)CC[C@@]43C)[C@@H]1CC[C@@H]2O. The van der Waals surface area contributed by atoms with Crippen molar-refractivity contribution in [3.63, 3.8) is 0 Å². The molecule has 4 aliphatic rings. The van der Waals surface area contributed by atoms with Crippen molar-refractivity contribution < 1.29 is 29.7 Å². The van der Waals surface area contributed by atoms with E-state index in [0.717, 1.165) is 57.1 Å². The van der Waals surface area contributed by atoms with Gasteiger partial charge in [0, 0.05) is 0 Å². The molecule has 38 heavy (non-hydrogen) atoms. The maximum atomic E-state index is 12.4. The van der Waals surface area contributed by atoms with Gasteiger partial charge in [-0.1, -0.05) is 54.9 Å². The minimum atomic E-state index is -1.49. The van der Waals surface area contributed by atoms with Gasteiger partial charge in [-0.3, -0.25) is 4.79 Å². The van der Waals surface area contributed by atoms with Gasteiger partial charge in [0.1, 0.15) is 6.10 Å². The van der Waals surface area contributed by atoms with Gasteiger partial charge in [0.25, 0.3) is 5.91 Å². The molecule has 0 saturated heterocycles. The number of rotatable bonds is 7. The maximum absolute atomic E-state index is 12.4. The molecule has 4 N–H and O–H groups in total. The van der Waals surface area contributed by atoms with Gasteiger partial charge in [-0.15, -0.1) is 0 Å². The number of aliphatic hydroxyl groups is 2. The summed E-state index contributed by atoms with van der Waals surface area (Å²) in [5.74, 6) is -0.0813. The first-order valence-corrected chi connectivity index (χ1v) is 14.0. The Kier molecular flexibility index (Phi) is 7.40. The number of carbonyl (C=O) groups excluding carboxylic acids is 1. The molecule has 206 valence electrons. The fourth-order valence-electron chi connectivity index (χ4n) is 8.12. The van der Waals surface area contributed by atoms with Crippen molar-refractivity contribution in [2.45, 2.75) is 83.5 Å². The predicted molar refractivity (Wildman–Crippen MR) is 142 cm³/mol. The zero-order chi connectivity index (χ0) is 27.1. The molecule has 8 atom stereocenters. The molecule has 0 spiro atoms. The lowest BCUT2D eigenvalue weighted by atomic mass is 9.47. The van der Waals surface area contributed by atoms with E-state index in [4.69, 9.17) is 4.84 Å². The Labute approximate surface area is 224 Å². The number of fused-ring (bicyclic) bond motifs is 5. The Morgan fingerprint density at radius 3 is 2.58 bits per heavy atom. The number of nitrogens with one attached hydrogen (secondary N) is 1. The second-order valence-electron chi connectivity index (χ2n) is 12.2. The second kappa shape index (κ2) is 10.5. The summed E-state index contributed by atoms with van der Waals surface area (Å²) in [6.45, 7) is 4.28. The summed E-state index contributed by atoms with van der Waals surface area (Å²) in [6, 6.07) is 6.87. The molecule has 0 heterocycles. The Morgan fingerprint density at radius 1 is 1.08 bits per heavy atom. The fraction of sp³-hybridized carbons (Fsp3) is 0.633. The predicted octanol–water partition coefficient (Wildman–Crippen LogP) is 3.99. The first-order chi connectivity index (χ1) is 18.1. The molecule has 0 aliphatic heterocycles. The molecule has 3 fully saturated rings. The van der Waals surface area contributed by atoms with E-state index < -0.39 is 30.6 Å². The van der Waals surface area contributed by atoms with Crippen molar-refractivity contribution in [1.82, 2.24) is 5.32 Å². The van der Waals surface area contributed by atoms with Crippen LogP contribution in [0.3, 0.4) is 0 Å². The van der Waals surface area contributed by atoms with Crippen molar-refractivity contribution in [1.29, 1.82) is 0 Å². The van der Waals surface area contributed by atoms with E-state index in [0.29, 0.717) is 23.3 Å². The normalized spacial score (nSPS) is 36.7. The van der Waals surface area contributed by atoms with Crippen molar-refractivity contribution in [3.8, 4) is 0 Å². The number of aliphatic hydroxyl groups excluding tert-OH is 2. The molecule has 8 heteroatoms. The average Bonchev–Trinajstić information content (AvgIpc) is 3.21. The van der Waals surface area contributed by atoms with E-state index in [1.54, 1.807) is 30.3 Å². The van der Waals surface area contributed by atoms with Crippen LogP contribution in [-0.2, 0) is 14.4 Å². The fourth-order valence-corrected chi connectivity index (χ4v) is 8.12. The van der Waals surface area contributed by atoms with Crippen LogP contribution in [0.5, 0.6) is 0 Å². The third-order valence-electron chi connectivity index (χ3n) is 10.3. The number of hydrogen-bond acceptors (Lipinski definition) is 6. The largest absolute Gasteiger partial charge is 0.480 e. The third-order valence-corrected chi connectivity index (χ3v) is 10.3. The zero-order valence-electron chi connectivity index (χ0n) is 22.3. The van der Waals surface area contributed by atoms with Crippen molar-refractivity contribution >= 4 is 17.6 Å². The van der Waals surface area contributed by atoms with Crippen LogP contribution in [-0.4, -0.2) is 51.7 Å². The number of carboxylic acid groups (broad SMARTS) is 1. The molecule has 8 nitrogen and oxygen atoms in total. The van der Waals surface area contributed by atoms with E-state index >= 15 is 0 Å². The number of benzene rings is 1. The number of carboxylic acids is 1. The summed E-state index contributed by atoms with van der Waals surface area (Å²) in [5, 5.41) is 37.2. The van der Waals surface area contributed by atoms with E-state index in [-0.39, 0.29) is 16.9 Å². The molecule has 5 rings (SSSR count). The van der Waals surface area contributed by atoms with Gasteiger partial charge < -0.3 is 25.5 Å². The van der Waals surface area contributed by atoms with Crippen LogP contribution in [0.2, 0.25) is 0 Å². The highest BCUT2D eigenvalue weighted by molar-refractivity contribution is 5.96. The standard InChI is InChI=1S/C30H40N2O6/c1-29-14-12-20(16-19(29)8-9-21-22-10-11-24(33)30(22,2)15-13-23(21)29)32-38-17-25(34)31-26(28(36)37)27(35)18-6-4-3-5-7-18/h3-7,16,21-24,26-27,33,35H,8-15,17H2,1-2H3,(H,31,34)(H,36,37)/t21-,22-,23+,24-,26-,27+,29-,30-/m0/s1. The second-order valence-corrected chi connectivity index (χ2v) is 12.2. The van der Waals surface area contributed by atoms with Gasteiger partial charge >= 0.3 is 5.97 Å². The van der Waals surface area contributed by atoms with E-state index in [1.807, 2.05) is 0 Å². The van der Waals surface area contributed by atoms with Crippen LogP contribution in [0, 0.1) is 28.6 Å². The van der Waals surface area contributed by atoms with Crippen molar-refractivity contribution in [3.05, 3.63) is 47.5 Å². The molecule has 1 amide bonds. The topological polar surface area (TPSA) is 128 Å². The van der Waals surface area contributed by atoms with Crippen LogP contribution in [0.15, 0.2) is 47.1 Å². The summed E-state index contributed by atoms with van der Waals surface area (Å²) >= 11 is 0. The molecular formula is C30H40N2O6. The number of oxime groups is 1. The molecule has 1 aromatic rings. The quantitative estimate of drug-likeness (QED) is 0.400. The molecule has 3 saturated carbocycles. The number of hydrogen-bond donors (Lipinski definition) is 4. The van der Waals surface area contributed by atoms with Crippen LogP contribution in [0.4, 0.5) is 0 Å². The lowest BCUT2D eigenvalue weighted by molar-refractivity contribution is -0.146. The summed E-state index contributed by atoms with van der Waals surface area (Å²) in [6.07, 6.45) is 8.86. The first kappa shape index (κ1) is 26.9.